The van der Waals surface area contributed by atoms with Gasteiger partial charge in [-0.15, -0.1) is 0 Å². The SMILES string of the molecule is COCC(=O)N1CCC2(CC1)C[C@@H](O)[C@H](c1ccccc1)NC2=O. The number of carbonyl (C=O) groups excluding carboxylic acids is 2. The summed E-state index contributed by atoms with van der Waals surface area (Å²) in [5.41, 5.74) is 0.343. The Morgan fingerprint density at radius 1 is 1.33 bits per heavy atom. The van der Waals surface area contributed by atoms with Crippen molar-refractivity contribution in [3.63, 3.8) is 0 Å². The highest BCUT2D eigenvalue weighted by atomic mass is 16.5. The Morgan fingerprint density at radius 3 is 2.62 bits per heavy atom. The largest absolute Gasteiger partial charge is 0.391 e. The average Bonchev–Trinajstić information content (AvgIpc) is 2.60. The Bertz CT molecular complexity index is 596. The molecule has 2 aliphatic rings. The highest BCUT2D eigenvalue weighted by molar-refractivity contribution is 5.85. The molecule has 6 heteroatoms. The summed E-state index contributed by atoms with van der Waals surface area (Å²) in [7, 11) is 1.50. The molecule has 2 heterocycles. The van der Waals surface area contributed by atoms with Crippen molar-refractivity contribution >= 4 is 11.8 Å². The van der Waals surface area contributed by atoms with E-state index in [-0.39, 0.29) is 24.5 Å². The van der Waals surface area contributed by atoms with Gasteiger partial charge in [-0.1, -0.05) is 30.3 Å². The molecule has 1 spiro atoms. The lowest BCUT2D eigenvalue weighted by Gasteiger charge is -2.46. The number of amides is 2. The van der Waals surface area contributed by atoms with Crippen LogP contribution in [0.1, 0.15) is 30.9 Å². The molecule has 2 saturated heterocycles. The maximum Gasteiger partial charge on any atom is 0.248 e. The van der Waals surface area contributed by atoms with Gasteiger partial charge in [0, 0.05) is 20.2 Å². The molecule has 24 heavy (non-hydrogen) atoms. The molecule has 6 nitrogen and oxygen atoms in total. The Labute approximate surface area is 141 Å². The molecule has 1 aromatic carbocycles. The molecular formula is C18H24N2O4. The summed E-state index contributed by atoms with van der Waals surface area (Å²) in [5, 5.41) is 13.6. The van der Waals surface area contributed by atoms with Crippen LogP contribution in [0, 0.1) is 5.41 Å². The van der Waals surface area contributed by atoms with Crippen molar-refractivity contribution in [2.24, 2.45) is 5.41 Å². The van der Waals surface area contributed by atoms with E-state index >= 15 is 0 Å². The summed E-state index contributed by atoms with van der Waals surface area (Å²) in [6.07, 6.45) is 0.969. The number of carbonyl (C=O) groups is 2. The van der Waals surface area contributed by atoms with E-state index in [0.717, 1.165) is 5.56 Å². The van der Waals surface area contributed by atoms with E-state index in [0.29, 0.717) is 32.4 Å². The van der Waals surface area contributed by atoms with Crippen LogP contribution in [0.15, 0.2) is 30.3 Å². The first kappa shape index (κ1) is 16.9. The van der Waals surface area contributed by atoms with Gasteiger partial charge >= 0.3 is 0 Å². The van der Waals surface area contributed by atoms with E-state index < -0.39 is 11.5 Å². The third-order valence-electron chi connectivity index (χ3n) is 5.25. The second-order valence-electron chi connectivity index (χ2n) is 6.73. The predicted octanol–water partition coefficient (Wildman–Crippen LogP) is 0.864. The number of aliphatic hydroxyl groups excluding tert-OH is 1. The quantitative estimate of drug-likeness (QED) is 0.861. The van der Waals surface area contributed by atoms with Gasteiger partial charge in [-0.25, -0.2) is 0 Å². The molecule has 130 valence electrons. The van der Waals surface area contributed by atoms with Crippen LogP contribution < -0.4 is 5.32 Å². The van der Waals surface area contributed by atoms with Crippen LogP contribution in [0.4, 0.5) is 0 Å². The van der Waals surface area contributed by atoms with Crippen LogP contribution in [0.5, 0.6) is 0 Å². The minimum atomic E-state index is -0.619. The van der Waals surface area contributed by atoms with Gasteiger partial charge in [-0.05, 0) is 24.8 Å². The maximum atomic E-state index is 12.8. The van der Waals surface area contributed by atoms with Crippen molar-refractivity contribution in [2.75, 3.05) is 26.8 Å². The van der Waals surface area contributed by atoms with Crippen molar-refractivity contribution in [3.8, 4) is 0 Å². The number of likely N-dealkylation sites (tertiary alicyclic amines) is 1. The Kier molecular flexibility index (Phi) is 4.87. The van der Waals surface area contributed by atoms with Gasteiger partial charge in [0.25, 0.3) is 0 Å². The molecule has 1 aromatic rings. The number of aliphatic hydroxyl groups is 1. The highest BCUT2D eigenvalue weighted by Crippen LogP contribution is 2.42. The standard InChI is InChI=1S/C18H24N2O4/c1-24-12-15(22)20-9-7-18(8-10-20)11-14(21)16(19-17(18)23)13-5-3-2-4-6-13/h2-6,14,16,21H,7-12H2,1H3,(H,19,23)/t14-,16+/m1/s1. The van der Waals surface area contributed by atoms with E-state index in [1.165, 1.54) is 7.11 Å². The number of hydrogen-bond acceptors (Lipinski definition) is 4. The van der Waals surface area contributed by atoms with Crippen molar-refractivity contribution in [1.82, 2.24) is 10.2 Å². The van der Waals surface area contributed by atoms with E-state index in [4.69, 9.17) is 4.74 Å². The minimum absolute atomic E-state index is 0.0134. The summed E-state index contributed by atoms with van der Waals surface area (Å²) < 4.78 is 4.88. The lowest BCUT2D eigenvalue weighted by Crippen LogP contribution is -2.57. The fourth-order valence-corrected chi connectivity index (χ4v) is 3.80. The van der Waals surface area contributed by atoms with Crippen molar-refractivity contribution in [3.05, 3.63) is 35.9 Å². The third kappa shape index (κ3) is 3.16. The fourth-order valence-electron chi connectivity index (χ4n) is 3.80. The van der Waals surface area contributed by atoms with Crippen LogP contribution in [0.25, 0.3) is 0 Å². The number of hydrogen-bond donors (Lipinski definition) is 2. The van der Waals surface area contributed by atoms with Crippen molar-refractivity contribution < 1.29 is 19.4 Å². The number of benzene rings is 1. The third-order valence-corrected chi connectivity index (χ3v) is 5.25. The molecule has 0 unspecified atom stereocenters. The molecule has 0 aliphatic carbocycles. The zero-order valence-electron chi connectivity index (χ0n) is 13.9. The predicted molar refractivity (Wildman–Crippen MR) is 88.1 cm³/mol. The van der Waals surface area contributed by atoms with Gasteiger partial charge in [0.05, 0.1) is 17.6 Å². The van der Waals surface area contributed by atoms with Gasteiger partial charge in [-0.2, -0.15) is 0 Å². The molecule has 3 rings (SSSR count). The van der Waals surface area contributed by atoms with Crippen LogP contribution in [-0.2, 0) is 14.3 Å². The lowest BCUT2D eigenvalue weighted by atomic mass is 9.69. The van der Waals surface area contributed by atoms with Crippen LogP contribution in [0.2, 0.25) is 0 Å². The molecule has 0 bridgehead atoms. The minimum Gasteiger partial charge on any atom is -0.391 e. The molecular weight excluding hydrogens is 308 g/mol. The van der Waals surface area contributed by atoms with Crippen molar-refractivity contribution in [1.29, 1.82) is 0 Å². The first-order chi connectivity index (χ1) is 11.6. The number of nitrogens with one attached hydrogen (secondary N) is 1. The molecule has 2 amide bonds. The van der Waals surface area contributed by atoms with Gasteiger partial charge in [-0.3, -0.25) is 9.59 Å². The number of rotatable bonds is 3. The smallest absolute Gasteiger partial charge is 0.248 e. The Hall–Kier alpha value is -1.92. The second-order valence-corrected chi connectivity index (χ2v) is 6.73. The van der Waals surface area contributed by atoms with Gasteiger partial charge in [0.1, 0.15) is 6.61 Å². The number of ether oxygens (including phenoxy) is 1. The van der Waals surface area contributed by atoms with Gasteiger partial charge in [0.2, 0.25) is 11.8 Å². The van der Waals surface area contributed by atoms with Gasteiger partial charge < -0.3 is 20.1 Å². The van der Waals surface area contributed by atoms with E-state index in [2.05, 4.69) is 5.32 Å². The molecule has 2 aliphatic heterocycles. The first-order valence-corrected chi connectivity index (χ1v) is 8.36. The summed E-state index contributed by atoms with van der Waals surface area (Å²) in [4.78, 5) is 26.4. The summed E-state index contributed by atoms with van der Waals surface area (Å²) >= 11 is 0. The average molecular weight is 332 g/mol. The normalized spacial score (nSPS) is 26.2. The maximum absolute atomic E-state index is 12.8. The van der Waals surface area contributed by atoms with Gasteiger partial charge in [0.15, 0.2) is 0 Å². The van der Waals surface area contributed by atoms with Crippen molar-refractivity contribution in [2.45, 2.75) is 31.4 Å². The Morgan fingerprint density at radius 2 is 2.00 bits per heavy atom. The topological polar surface area (TPSA) is 78.9 Å². The molecule has 2 fully saturated rings. The number of piperidine rings is 2. The van der Waals surface area contributed by atoms with Crippen LogP contribution in [0.3, 0.4) is 0 Å². The molecule has 0 radical (unpaired) electrons. The molecule has 2 atom stereocenters. The molecule has 0 aromatic heterocycles. The second kappa shape index (κ2) is 6.91. The lowest BCUT2D eigenvalue weighted by molar-refractivity contribution is -0.149. The van der Waals surface area contributed by atoms with Crippen LogP contribution >= 0.6 is 0 Å². The summed E-state index contributed by atoms with van der Waals surface area (Å²) in [6, 6.07) is 9.18. The van der Waals surface area contributed by atoms with E-state index in [9.17, 15) is 14.7 Å². The number of methoxy groups -OCH3 is 1. The summed E-state index contributed by atoms with van der Waals surface area (Å²) in [5.74, 6) is -0.0632. The van der Waals surface area contributed by atoms with Crippen LogP contribution in [-0.4, -0.2) is 54.7 Å². The number of nitrogens with zero attached hydrogens (tertiary/aromatic N) is 1. The Balaban J connectivity index is 1.67. The zero-order valence-corrected chi connectivity index (χ0v) is 13.9. The van der Waals surface area contributed by atoms with E-state index in [1.807, 2.05) is 30.3 Å². The molecule has 2 N–H and O–H groups in total. The summed E-state index contributed by atoms with van der Waals surface area (Å²) in [6.45, 7) is 1.12. The molecule has 0 saturated carbocycles. The monoisotopic (exact) mass is 332 g/mol. The van der Waals surface area contributed by atoms with E-state index in [1.54, 1.807) is 4.90 Å². The highest BCUT2D eigenvalue weighted by Gasteiger charge is 2.49. The zero-order chi connectivity index (χ0) is 17.2. The fraction of sp³-hybridized carbons (Fsp3) is 0.556. The first-order valence-electron chi connectivity index (χ1n) is 8.36.